The summed E-state index contributed by atoms with van der Waals surface area (Å²) in [4.78, 5) is 12.5. The Bertz CT molecular complexity index is 635. The summed E-state index contributed by atoms with van der Waals surface area (Å²) in [7, 11) is 1.87. The highest BCUT2D eigenvalue weighted by molar-refractivity contribution is 6.05. The minimum atomic E-state index is -0.0568. The Labute approximate surface area is 126 Å². The van der Waals surface area contributed by atoms with E-state index in [4.69, 9.17) is 0 Å². The SMILES string of the molecule is CCCc1ccccc1NC(=O)c1ccc(NC)cc1C. The van der Waals surface area contributed by atoms with Gasteiger partial charge in [-0.1, -0.05) is 31.5 Å². The van der Waals surface area contributed by atoms with Crippen LogP contribution in [0.3, 0.4) is 0 Å². The lowest BCUT2D eigenvalue weighted by Crippen LogP contribution is -2.14. The van der Waals surface area contributed by atoms with Gasteiger partial charge in [-0.15, -0.1) is 0 Å². The number of rotatable bonds is 5. The molecule has 0 spiro atoms. The molecular weight excluding hydrogens is 260 g/mol. The minimum absolute atomic E-state index is 0.0568. The highest BCUT2D eigenvalue weighted by Gasteiger charge is 2.11. The number of nitrogens with one attached hydrogen (secondary N) is 2. The molecule has 2 N–H and O–H groups in total. The van der Waals surface area contributed by atoms with Crippen LogP contribution in [0.25, 0.3) is 0 Å². The van der Waals surface area contributed by atoms with Gasteiger partial charge in [0.25, 0.3) is 5.91 Å². The Hall–Kier alpha value is -2.29. The van der Waals surface area contributed by atoms with Crippen molar-refractivity contribution in [1.29, 1.82) is 0 Å². The summed E-state index contributed by atoms with van der Waals surface area (Å²) in [5.74, 6) is -0.0568. The molecule has 0 radical (unpaired) electrons. The second-order valence-corrected chi connectivity index (χ2v) is 5.14. The van der Waals surface area contributed by atoms with E-state index in [1.807, 2.05) is 50.4 Å². The molecule has 0 atom stereocenters. The van der Waals surface area contributed by atoms with Crippen LogP contribution >= 0.6 is 0 Å². The summed E-state index contributed by atoms with van der Waals surface area (Å²) < 4.78 is 0. The fourth-order valence-electron chi connectivity index (χ4n) is 2.39. The molecule has 0 aliphatic rings. The molecule has 0 aromatic heterocycles. The molecule has 2 rings (SSSR count). The maximum Gasteiger partial charge on any atom is 0.255 e. The first-order valence-electron chi connectivity index (χ1n) is 7.33. The predicted molar refractivity (Wildman–Crippen MR) is 89.1 cm³/mol. The lowest BCUT2D eigenvalue weighted by Gasteiger charge is -2.12. The van der Waals surface area contributed by atoms with Gasteiger partial charge in [0.1, 0.15) is 0 Å². The maximum absolute atomic E-state index is 12.5. The Morgan fingerprint density at radius 1 is 1.14 bits per heavy atom. The average molecular weight is 282 g/mol. The van der Waals surface area contributed by atoms with E-state index in [0.717, 1.165) is 29.8 Å². The zero-order valence-corrected chi connectivity index (χ0v) is 12.9. The van der Waals surface area contributed by atoms with E-state index in [-0.39, 0.29) is 5.91 Å². The van der Waals surface area contributed by atoms with Crippen LogP contribution in [0.4, 0.5) is 11.4 Å². The Kier molecular flexibility index (Phi) is 4.99. The number of carbonyl (C=O) groups is 1. The van der Waals surface area contributed by atoms with Gasteiger partial charge in [0, 0.05) is 24.0 Å². The summed E-state index contributed by atoms with van der Waals surface area (Å²) in [6.07, 6.45) is 2.02. The highest BCUT2D eigenvalue weighted by atomic mass is 16.1. The van der Waals surface area contributed by atoms with E-state index in [1.165, 1.54) is 5.56 Å². The van der Waals surface area contributed by atoms with Crippen molar-refractivity contribution in [2.45, 2.75) is 26.7 Å². The van der Waals surface area contributed by atoms with Gasteiger partial charge in [-0.25, -0.2) is 0 Å². The lowest BCUT2D eigenvalue weighted by atomic mass is 10.1. The monoisotopic (exact) mass is 282 g/mol. The number of carbonyl (C=O) groups excluding carboxylic acids is 1. The number of aryl methyl sites for hydroxylation is 2. The van der Waals surface area contributed by atoms with Gasteiger partial charge >= 0.3 is 0 Å². The van der Waals surface area contributed by atoms with Crippen LogP contribution < -0.4 is 10.6 Å². The molecule has 110 valence electrons. The summed E-state index contributed by atoms with van der Waals surface area (Å²) in [6, 6.07) is 13.7. The molecule has 2 aromatic carbocycles. The predicted octanol–water partition coefficient (Wildman–Crippen LogP) is 4.24. The molecule has 0 saturated carbocycles. The lowest BCUT2D eigenvalue weighted by molar-refractivity contribution is 0.102. The molecule has 3 heteroatoms. The smallest absolute Gasteiger partial charge is 0.255 e. The molecule has 0 heterocycles. The van der Waals surface area contributed by atoms with Crippen LogP contribution in [-0.2, 0) is 6.42 Å². The van der Waals surface area contributed by atoms with Crippen LogP contribution in [0.5, 0.6) is 0 Å². The number of hydrogen-bond acceptors (Lipinski definition) is 2. The zero-order valence-electron chi connectivity index (χ0n) is 12.9. The third-order valence-electron chi connectivity index (χ3n) is 3.54. The van der Waals surface area contributed by atoms with Crippen molar-refractivity contribution in [2.24, 2.45) is 0 Å². The summed E-state index contributed by atoms with van der Waals surface area (Å²) in [5, 5.41) is 6.11. The van der Waals surface area contributed by atoms with Crippen LogP contribution in [0.1, 0.15) is 34.8 Å². The molecule has 1 amide bonds. The number of para-hydroxylation sites is 1. The molecule has 3 nitrogen and oxygen atoms in total. The van der Waals surface area contributed by atoms with Crippen LogP contribution in [0.15, 0.2) is 42.5 Å². The molecule has 0 aliphatic heterocycles. The van der Waals surface area contributed by atoms with Gasteiger partial charge in [-0.05, 0) is 48.7 Å². The topological polar surface area (TPSA) is 41.1 Å². The highest BCUT2D eigenvalue weighted by Crippen LogP contribution is 2.20. The van der Waals surface area contributed by atoms with E-state index < -0.39 is 0 Å². The van der Waals surface area contributed by atoms with E-state index in [1.54, 1.807) is 0 Å². The summed E-state index contributed by atoms with van der Waals surface area (Å²) >= 11 is 0. The Morgan fingerprint density at radius 2 is 1.90 bits per heavy atom. The minimum Gasteiger partial charge on any atom is -0.388 e. The quantitative estimate of drug-likeness (QED) is 0.861. The number of benzene rings is 2. The van der Waals surface area contributed by atoms with Crippen molar-refractivity contribution in [3.63, 3.8) is 0 Å². The number of anilines is 2. The van der Waals surface area contributed by atoms with E-state index in [2.05, 4.69) is 23.6 Å². The third kappa shape index (κ3) is 3.63. The van der Waals surface area contributed by atoms with Crippen LogP contribution in [-0.4, -0.2) is 13.0 Å². The van der Waals surface area contributed by atoms with Gasteiger partial charge in [-0.2, -0.15) is 0 Å². The first kappa shape index (κ1) is 15.1. The first-order chi connectivity index (χ1) is 10.2. The van der Waals surface area contributed by atoms with Crippen molar-refractivity contribution >= 4 is 17.3 Å². The van der Waals surface area contributed by atoms with Gasteiger partial charge in [0.15, 0.2) is 0 Å². The van der Waals surface area contributed by atoms with Crippen molar-refractivity contribution in [3.8, 4) is 0 Å². The van der Waals surface area contributed by atoms with Crippen LogP contribution in [0.2, 0.25) is 0 Å². The summed E-state index contributed by atoms with van der Waals surface area (Å²) in [5.41, 5.74) is 4.77. The molecule has 2 aromatic rings. The second kappa shape index (κ2) is 6.93. The van der Waals surface area contributed by atoms with E-state index in [9.17, 15) is 4.79 Å². The largest absolute Gasteiger partial charge is 0.388 e. The van der Waals surface area contributed by atoms with Crippen molar-refractivity contribution < 1.29 is 4.79 Å². The fourth-order valence-corrected chi connectivity index (χ4v) is 2.39. The molecule has 0 aliphatic carbocycles. The molecule has 0 bridgehead atoms. The van der Waals surface area contributed by atoms with Crippen LogP contribution in [0, 0.1) is 6.92 Å². The van der Waals surface area contributed by atoms with E-state index in [0.29, 0.717) is 5.56 Å². The van der Waals surface area contributed by atoms with Crippen molar-refractivity contribution in [1.82, 2.24) is 0 Å². The second-order valence-electron chi connectivity index (χ2n) is 5.14. The van der Waals surface area contributed by atoms with Gasteiger partial charge in [0.2, 0.25) is 0 Å². The maximum atomic E-state index is 12.5. The zero-order chi connectivity index (χ0) is 15.2. The standard InChI is InChI=1S/C18H22N2O/c1-4-7-14-8-5-6-9-17(14)20-18(21)16-11-10-15(19-3)12-13(16)2/h5-6,8-12,19H,4,7H2,1-3H3,(H,20,21). The average Bonchev–Trinajstić information content (AvgIpc) is 2.49. The third-order valence-corrected chi connectivity index (χ3v) is 3.54. The number of amides is 1. The summed E-state index contributed by atoms with van der Waals surface area (Å²) in [6.45, 7) is 4.09. The van der Waals surface area contributed by atoms with Gasteiger partial charge in [-0.3, -0.25) is 4.79 Å². The van der Waals surface area contributed by atoms with Gasteiger partial charge < -0.3 is 10.6 Å². The van der Waals surface area contributed by atoms with Crippen molar-refractivity contribution in [3.05, 3.63) is 59.2 Å². The fraction of sp³-hybridized carbons (Fsp3) is 0.278. The van der Waals surface area contributed by atoms with E-state index >= 15 is 0 Å². The molecule has 21 heavy (non-hydrogen) atoms. The normalized spacial score (nSPS) is 10.2. The Morgan fingerprint density at radius 3 is 2.57 bits per heavy atom. The van der Waals surface area contributed by atoms with Gasteiger partial charge in [0.05, 0.1) is 0 Å². The molecule has 0 fully saturated rings. The number of hydrogen-bond donors (Lipinski definition) is 2. The first-order valence-corrected chi connectivity index (χ1v) is 7.33. The molecular formula is C18H22N2O. The molecule has 0 saturated heterocycles. The molecule has 0 unspecified atom stereocenters. The van der Waals surface area contributed by atoms with Crippen molar-refractivity contribution in [2.75, 3.05) is 17.7 Å². The Balaban J connectivity index is 2.22.